The van der Waals surface area contributed by atoms with Gasteiger partial charge in [-0.25, -0.2) is 4.79 Å². The highest BCUT2D eigenvalue weighted by Crippen LogP contribution is 2.23. The number of alkyl carbamates (subject to hydrolysis) is 1. The lowest BCUT2D eigenvalue weighted by Gasteiger charge is -2.30. The van der Waals surface area contributed by atoms with Gasteiger partial charge in [-0.3, -0.25) is 4.79 Å². The molecule has 2 aliphatic carbocycles. The van der Waals surface area contributed by atoms with Gasteiger partial charge in [0.1, 0.15) is 0 Å². The van der Waals surface area contributed by atoms with Crippen LogP contribution in [0.25, 0.3) is 0 Å². The number of hydrogen-bond donors (Lipinski definition) is 3. The van der Waals surface area contributed by atoms with E-state index in [1.807, 2.05) is 13.0 Å². The molecule has 1 aromatic rings. The first-order valence-corrected chi connectivity index (χ1v) is 13.0. The van der Waals surface area contributed by atoms with Crippen LogP contribution in [0.15, 0.2) is 30.3 Å². The van der Waals surface area contributed by atoms with Crippen molar-refractivity contribution < 1.29 is 19.4 Å². The summed E-state index contributed by atoms with van der Waals surface area (Å²) in [4.78, 5) is 22.9. The molecule has 0 saturated heterocycles. The molecule has 0 spiro atoms. The van der Waals surface area contributed by atoms with Crippen LogP contribution in [-0.4, -0.2) is 35.9 Å². The summed E-state index contributed by atoms with van der Waals surface area (Å²) in [6.07, 6.45) is 15.7. The predicted molar refractivity (Wildman–Crippen MR) is 140 cm³/mol. The van der Waals surface area contributed by atoms with Crippen molar-refractivity contribution in [2.75, 3.05) is 6.61 Å². The maximum absolute atomic E-state index is 11.7. The molecule has 0 bridgehead atoms. The van der Waals surface area contributed by atoms with Crippen LogP contribution in [0.5, 0.6) is 0 Å². The van der Waals surface area contributed by atoms with E-state index >= 15 is 0 Å². The molecule has 34 heavy (non-hydrogen) atoms. The average Bonchev–Trinajstić information content (AvgIpc) is 2.84. The van der Waals surface area contributed by atoms with Crippen molar-refractivity contribution in [2.45, 2.75) is 109 Å². The quantitative estimate of drug-likeness (QED) is 0.333. The van der Waals surface area contributed by atoms with Gasteiger partial charge in [-0.15, -0.1) is 12.4 Å². The van der Waals surface area contributed by atoms with Crippen LogP contribution in [-0.2, 0) is 9.53 Å². The first-order chi connectivity index (χ1) is 16.0. The van der Waals surface area contributed by atoms with E-state index in [4.69, 9.17) is 9.84 Å². The number of aliphatic carboxylic acids is 1. The van der Waals surface area contributed by atoms with E-state index in [9.17, 15) is 9.59 Å². The smallest absolute Gasteiger partial charge is 0.407 e. The number of rotatable bonds is 9. The summed E-state index contributed by atoms with van der Waals surface area (Å²) in [5.74, 6) is -1.70. The number of benzene rings is 1. The van der Waals surface area contributed by atoms with Crippen LogP contribution >= 0.6 is 12.4 Å². The number of carbonyl (C=O) groups is 2. The van der Waals surface area contributed by atoms with Gasteiger partial charge >= 0.3 is 12.1 Å². The molecule has 7 heteroatoms. The number of halogens is 1. The molecule has 0 radical (unpaired) electrons. The van der Waals surface area contributed by atoms with E-state index in [2.05, 4.69) is 10.6 Å². The van der Waals surface area contributed by atoms with E-state index in [1.54, 1.807) is 31.2 Å². The maximum Gasteiger partial charge on any atom is 0.407 e. The molecule has 2 unspecified atom stereocenters. The Labute approximate surface area is 212 Å². The fourth-order valence-electron chi connectivity index (χ4n) is 4.65. The molecule has 1 amide bonds. The van der Waals surface area contributed by atoms with Crippen LogP contribution in [0.3, 0.4) is 0 Å². The van der Waals surface area contributed by atoms with Gasteiger partial charge in [-0.2, -0.15) is 0 Å². The van der Waals surface area contributed by atoms with E-state index in [1.165, 1.54) is 64.2 Å². The minimum Gasteiger partial charge on any atom is -0.481 e. The lowest BCUT2D eigenvalue weighted by molar-refractivity contribution is -0.142. The number of amides is 1. The van der Waals surface area contributed by atoms with Crippen molar-refractivity contribution in [1.29, 1.82) is 0 Å². The standard InChI is InChI=1S/C15H21NO4.C12H23N.ClH/c1-3-4-10-20-15(19)16-13(11(2)14(17)18)12-8-6-5-7-9-12;1-3-7-11(8-4-1)13-12-9-5-2-6-10-12;/h5-9,11,13H,3-4,10H2,1-2H3,(H,16,19)(H,17,18);11-13H,1-10H2;1H. The molecular formula is C27H45ClN2O4. The van der Waals surface area contributed by atoms with Crippen molar-refractivity contribution in [3.05, 3.63) is 35.9 Å². The molecule has 2 saturated carbocycles. The third kappa shape index (κ3) is 11.6. The van der Waals surface area contributed by atoms with Crippen LogP contribution < -0.4 is 10.6 Å². The highest BCUT2D eigenvalue weighted by Gasteiger charge is 2.27. The van der Waals surface area contributed by atoms with Crippen LogP contribution in [0, 0.1) is 5.92 Å². The summed E-state index contributed by atoms with van der Waals surface area (Å²) in [7, 11) is 0. The molecule has 6 nitrogen and oxygen atoms in total. The minimum atomic E-state index is -0.965. The van der Waals surface area contributed by atoms with E-state index in [0.29, 0.717) is 6.61 Å². The van der Waals surface area contributed by atoms with Crippen molar-refractivity contribution in [3.63, 3.8) is 0 Å². The Kier molecular flexibility index (Phi) is 15.7. The number of ether oxygens (including phenoxy) is 1. The molecule has 2 aliphatic rings. The Bertz CT molecular complexity index is 660. The maximum atomic E-state index is 11.7. The topological polar surface area (TPSA) is 87.7 Å². The second-order valence-electron chi connectivity index (χ2n) is 9.49. The number of carboxylic acids is 1. The van der Waals surface area contributed by atoms with Crippen molar-refractivity contribution in [3.8, 4) is 0 Å². The normalized spacial score (nSPS) is 18.4. The molecule has 1 aromatic carbocycles. The Hall–Kier alpha value is -1.79. The third-order valence-electron chi connectivity index (χ3n) is 6.73. The Morgan fingerprint density at radius 1 is 0.971 bits per heavy atom. The van der Waals surface area contributed by atoms with Gasteiger partial charge in [-0.1, -0.05) is 82.2 Å². The lowest BCUT2D eigenvalue weighted by Crippen LogP contribution is -2.40. The molecule has 0 heterocycles. The van der Waals surface area contributed by atoms with Crippen molar-refractivity contribution in [2.24, 2.45) is 5.92 Å². The minimum absolute atomic E-state index is 0. The fourth-order valence-corrected chi connectivity index (χ4v) is 4.65. The zero-order valence-electron chi connectivity index (χ0n) is 21.0. The lowest BCUT2D eigenvalue weighted by atomic mass is 9.91. The van der Waals surface area contributed by atoms with Gasteiger partial charge in [0, 0.05) is 12.1 Å². The predicted octanol–water partition coefficient (Wildman–Crippen LogP) is 6.64. The first kappa shape index (κ1) is 30.2. The SMILES string of the molecule is C1CCC(NC2CCCCC2)CC1.CCCCOC(=O)NC(c1ccccc1)C(C)C(=O)O.Cl. The van der Waals surface area contributed by atoms with Crippen LogP contribution in [0.1, 0.15) is 103 Å². The van der Waals surface area contributed by atoms with E-state index in [-0.39, 0.29) is 12.4 Å². The molecule has 194 valence electrons. The van der Waals surface area contributed by atoms with Gasteiger partial charge in [0.15, 0.2) is 0 Å². The van der Waals surface area contributed by atoms with Gasteiger partial charge in [0.05, 0.1) is 18.6 Å². The van der Waals surface area contributed by atoms with E-state index < -0.39 is 24.0 Å². The Morgan fingerprint density at radius 2 is 1.50 bits per heavy atom. The van der Waals surface area contributed by atoms with E-state index in [0.717, 1.165) is 30.5 Å². The largest absolute Gasteiger partial charge is 0.481 e. The zero-order chi connectivity index (χ0) is 23.9. The number of nitrogens with one attached hydrogen (secondary N) is 2. The number of hydrogen-bond acceptors (Lipinski definition) is 4. The second-order valence-corrected chi connectivity index (χ2v) is 9.49. The Morgan fingerprint density at radius 3 is 1.97 bits per heavy atom. The highest BCUT2D eigenvalue weighted by molar-refractivity contribution is 5.85. The third-order valence-corrected chi connectivity index (χ3v) is 6.73. The Balaban J connectivity index is 0.000000356. The van der Waals surface area contributed by atoms with Gasteiger partial charge in [-0.05, 0) is 44.6 Å². The molecule has 2 atom stereocenters. The molecule has 0 aliphatic heterocycles. The molecule has 3 N–H and O–H groups in total. The molecular weight excluding hydrogens is 452 g/mol. The van der Waals surface area contributed by atoms with Crippen molar-refractivity contribution in [1.82, 2.24) is 10.6 Å². The zero-order valence-corrected chi connectivity index (χ0v) is 21.8. The summed E-state index contributed by atoms with van der Waals surface area (Å²) in [5.41, 5.74) is 0.745. The van der Waals surface area contributed by atoms with Gasteiger partial charge in [0.25, 0.3) is 0 Å². The summed E-state index contributed by atoms with van der Waals surface area (Å²) in [6, 6.07) is 10.2. The molecule has 3 rings (SSSR count). The number of carbonyl (C=O) groups excluding carboxylic acids is 1. The van der Waals surface area contributed by atoms with Gasteiger partial charge in [0.2, 0.25) is 0 Å². The average molecular weight is 497 g/mol. The summed E-state index contributed by atoms with van der Waals surface area (Å²) >= 11 is 0. The highest BCUT2D eigenvalue weighted by atomic mass is 35.5. The summed E-state index contributed by atoms with van der Waals surface area (Å²) in [6.45, 7) is 3.90. The number of carboxylic acid groups (broad SMARTS) is 1. The van der Waals surface area contributed by atoms with Crippen LogP contribution in [0.2, 0.25) is 0 Å². The fraction of sp³-hybridized carbons (Fsp3) is 0.704. The molecule has 2 fully saturated rings. The van der Waals surface area contributed by atoms with Crippen LogP contribution in [0.4, 0.5) is 4.79 Å². The first-order valence-electron chi connectivity index (χ1n) is 13.0. The number of unbranched alkanes of at least 4 members (excludes halogenated alkanes) is 1. The van der Waals surface area contributed by atoms with Crippen molar-refractivity contribution >= 4 is 24.5 Å². The van der Waals surface area contributed by atoms with Gasteiger partial charge < -0.3 is 20.5 Å². The summed E-state index contributed by atoms with van der Waals surface area (Å²) in [5, 5.41) is 15.6. The second kappa shape index (κ2) is 17.6. The summed E-state index contributed by atoms with van der Waals surface area (Å²) < 4.78 is 5.02. The molecule has 0 aromatic heterocycles. The monoisotopic (exact) mass is 496 g/mol.